The largest absolute Gasteiger partial charge is 0.456 e. The molecule has 0 unspecified atom stereocenters. The molecule has 0 atom stereocenters. The number of rotatable bonds is 5. The first kappa shape index (κ1) is 17.3. The Hall–Kier alpha value is -3.55. The third-order valence-electron chi connectivity index (χ3n) is 3.88. The number of para-hydroxylation sites is 2. The van der Waals surface area contributed by atoms with Crippen LogP contribution in [-0.4, -0.2) is 27.9 Å². The lowest BCUT2D eigenvalue weighted by Gasteiger charge is -2.09. The average Bonchev–Trinajstić information content (AvgIpc) is 2.65. The fourth-order valence-electron chi connectivity index (χ4n) is 2.50. The Balaban J connectivity index is 1.80. The van der Waals surface area contributed by atoms with Gasteiger partial charge in [-0.05, 0) is 31.2 Å². The normalized spacial score (nSPS) is 10.5. The maximum absolute atomic E-state index is 12.3. The van der Waals surface area contributed by atoms with Gasteiger partial charge in [0.2, 0.25) is 0 Å². The third kappa shape index (κ3) is 3.44. The molecule has 1 aromatic heterocycles. The standard InChI is InChI=1S/C18H16N4O4/c1-11-16(21-14-6-4-3-5-13(14)20-11)10-26-18(23)12-7-8-15(19-2)17(9-12)22(24)25/h3-9,19H,10H2,1-2H3. The van der Waals surface area contributed by atoms with E-state index in [0.717, 1.165) is 5.52 Å². The van der Waals surface area contributed by atoms with Crippen LogP contribution in [0, 0.1) is 17.0 Å². The number of nitrogens with one attached hydrogen (secondary N) is 1. The highest BCUT2D eigenvalue weighted by Crippen LogP contribution is 2.25. The molecule has 132 valence electrons. The Bertz CT molecular complexity index is 1000. The van der Waals surface area contributed by atoms with Crippen molar-refractivity contribution in [2.45, 2.75) is 13.5 Å². The molecule has 0 amide bonds. The Morgan fingerprint density at radius 2 is 1.88 bits per heavy atom. The zero-order chi connectivity index (χ0) is 18.7. The van der Waals surface area contributed by atoms with Gasteiger partial charge in [0.15, 0.2) is 0 Å². The number of ether oxygens (including phenoxy) is 1. The molecule has 8 nitrogen and oxygen atoms in total. The first-order chi connectivity index (χ1) is 12.5. The lowest BCUT2D eigenvalue weighted by Crippen LogP contribution is -2.09. The van der Waals surface area contributed by atoms with Crippen molar-refractivity contribution >= 4 is 28.4 Å². The molecule has 0 aliphatic carbocycles. The van der Waals surface area contributed by atoms with Gasteiger partial charge in [0, 0.05) is 13.1 Å². The van der Waals surface area contributed by atoms with Crippen LogP contribution < -0.4 is 5.32 Å². The molecule has 3 aromatic rings. The molecule has 0 aliphatic rings. The topological polar surface area (TPSA) is 107 Å². The maximum atomic E-state index is 12.3. The number of aryl methyl sites for hydroxylation is 1. The Kier molecular flexibility index (Phi) is 4.74. The van der Waals surface area contributed by atoms with Crippen LogP contribution >= 0.6 is 0 Å². The Morgan fingerprint density at radius 1 is 1.19 bits per heavy atom. The monoisotopic (exact) mass is 352 g/mol. The van der Waals surface area contributed by atoms with Crippen molar-refractivity contribution in [2.24, 2.45) is 0 Å². The number of nitrogens with zero attached hydrogens (tertiary/aromatic N) is 3. The number of aromatic nitrogens is 2. The van der Waals surface area contributed by atoms with Gasteiger partial charge in [-0.3, -0.25) is 10.1 Å². The second-order valence-electron chi connectivity index (χ2n) is 5.56. The van der Waals surface area contributed by atoms with Crippen LogP contribution in [-0.2, 0) is 11.3 Å². The van der Waals surface area contributed by atoms with Crippen LogP contribution in [0.4, 0.5) is 11.4 Å². The number of anilines is 1. The second-order valence-corrected chi connectivity index (χ2v) is 5.56. The van der Waals surface area contributed by atoms with E-state index < -0.39 is 10.9 Å². The van der Waals surface area contributed by atoms with E-state index in [9.17, 15) is 14.9 Å². The minimum atomic E-state index is -0.662. The number of hydrogen-bond donors (Lipinski definition) is 1. The highest BCUT2D eigenvalue weighted by atomic mass is 16.6. The lowest BCUT2D eigenvalue weighted by atomic mass is 10.1. The molecular formula is C18H16N4O4. The summed E-state index contributed by atoms with van der Waals surface area (Å²) < 4.78 is 5.27. The van der Waals surface area contributed by atoms with E-state index in [-0.39, 0.29) is 17.9 Å². The highest BCUT2D eigenvalue weighted by molar-refractivity contribution is 5.91. The Morgan fingerprint density at radius 3 is 2.54 bits per heavy atom. The zero-order valence-corrected chi connectivity index (χ0v) is 14.2. The summed E-state index contributed by atoms with van der Waals surface area (Å²) in [6, 6.07) is 11.5. The molecule has 0 bridgehead atoms. The van der Waals surface area contributed by atoms with E-state index >= 15 is 0 Å². The number of esters is 1. The minimum Gasteiger partial charge on any atom is -0.456 e. The number of carbonyl (C=O) groups excluding carboxylic acids is 1. The van der Waals surface area contributed by atoms with Gasteiger partial charge < -0.3 is 10.1 Å². The van der Waals surface area contributed by atoms with E-state index in [1.165, 1.54) is 18.2 Å². The van der Waals surface area contributed by atoms with Gasteiger partial charge in [0.1, 0.15) is 12.3 Å². The molecule has 8 heteroatoms. The van der Waals surface area contributed by atoms with E-state index in [1.54, 1.807) is 14.0 Å². The smallest absolute Gasteiger partial charge is 0.338 e. The van der Waals surface area contributed by atoms with Crippen LogP contribution in [0.3, 0.4) is 0 Å². The minimum absolute atomic E-state index is 0.0654. The fourth-order valence-corrected chi connectivity index (χ4v) is 2.50. The summed E-state index contributed by atoms with van der Waals surface area (Å²) in [5.41, 5.74) is 2.90. The average molecular weight is 352 g/mol. The number of nitro groups is 1. The van der Waals surface area contributed by atoms with Crippen molar-refractivity contribution in [3.05, 3.63) is 69.5 Å². The van der Waals surface area contributed by atoms with E-state index in [4.69, 9.17) is 4.74 Å². The van der Waals surface area contributed by atoms with Crippen LogP contribution in [0.5, 0.6) is 0 Å². The summed E-state index contributed by atoms with van der Waals surface area (Å²) in [4.78, 5) is 31.7. The highest BCUT2D eigenvalue weighted by Gasteiger charge is 2.18. The summed E-state index contributed by atoms with van der Waals surface area (Å²) in [5, 5.41) is 13.8. The van der Waals surface area contributed by atoms with Crippen molar-refractivity contribution in [2.75, 3.05) is 12.4 Å². The molecule has 0 aliphatic heterocycles. The molecular weight excluding hydrogens is 336 g/mol. The molecule has 3 rings (SSSR count). The lowest BCUT2D eigenvalue weighted by molar-refractivity contribution is -0.384. The van der Waals surface area contributed by atoms with Crippen molar-refractivity contribution < 1.29 is 14.5 Å². The summed E-state index contributed by atoms with van der Waals surface area (Å²) in [6.45, 7) is 1.72. The van der Waals surface area contributed by atoms with E-state index in [0.29, 0.717) is 22.6 Å². The molecule has 0 saturated heterocycles. The van der Waals surface area contributed by atoms with Gasteiger partial charge in [0.25, 0.3) is 5.69 Å². The molecule has 2 aromatic carbocycles. The van der Waals surface area contributed by atoms with Crippen molar-refractivity contribution in [1.29, 1.82) is 0 Å². The van der Waals surface area contributed by atoms with E-state index in [1.807, 2.05) is 24.3 Å². The molecule has 1 N–H and O–H groups in total. The van der Waals surface area contributed by atoms with Gasteiger partial charge in [-0.1, -0.05) is 12.1 Å². The van der Waals surface area contributed by atoms with Gasteiger partial charge in [-0.25, -0.2) is 14.8 Å². The predicted molar refractivity (Wildman–Crippen MR) is 96.0 cm³/mol. The maximum Gasteiger partial charge on any atom is 0.338 e. The number of nitro benzene ring substituents is 1. The first-order valence-electron chi connectivity index (χ1n) is 7.85. The first-order valence-corrected chi connectivity index (χ1v) is 7.85. The quantitative estimate of drug-likeness (QED) is 0.426. The summed E-state index contributed by atoms with van der Waals surface area (Å²) in [5.74, 6) is -0.662. The van der Waals surface area contributed by atoms with Gasteiger partial charge in [0.05, 0.1) is 32.9 Å². The SMILES string of the molecule is CNc1ccc(C(=O)OCc2nc3ccccc3nc2C)cc1[N+](=O)[O-]. The summed E-state index contributed by atoms with van der Waals surface area (Å²) in [6.07, 6.45) is 0. The van der Waals surface area contributed by atoms with Gasteiger partial charge in [-0.2, -0.15) is 0 Å². The molecule has 1 heterocycles. The zero-order valence-electron chi connectivity index (χ0n) is 14.2. The van der Waals surface area contributed by atoms with Crippen molar-refractivity contribution in [3.63, 3.8) is 0 Å². The van der Waals surface area contributed by atoms with Crippen LogP contribution in [0.2, 0.25) is 0 Å². The number of benzene rings is 2. The predicted octanol–water partition coefficient (Wildman–Crippen LogP) is 3.25. The van der Waals surface area contributed by atoms with Crippen molar-refractivity contribution in [3.8, 4) is 0 Å². The second kappa shape index (κ2) is 7.14. The summed E-state index contributed by atoms with van der Waals surface area (Å²) in [7, 11) is 1.57. The molecule has 0 fully saturated rings. The third-order valence-corrected chi connectivity index (χ3v) is 3.88. The van der Waals surface area contributed by atoms with Crippen LogP contribution in [0.1, 0.15) is 21.7 Å². The van der Waals surface area contributed by atoms with Crippen molar-refractivity contribution in [1.82, 2.24) is 9.97 Å². The molecule has 0 radical (unpaired) electrons. The Labute approximate surface area is 149 Å². The van der Waals surface area contributed by atoms with Gasteiger partial charge >= 0.3 is 5.97 Å². The number of carbonyl (C=O) groups is 1. The fraction of sp³-hybridized carbons (Fsp3) is 0.167. The van der Waals surface area contributed by atoms with Crippen LogP contribution in [0.15, 0.2) is 42.5 Å². The van der Waals surface area contributed by atoms with Gasteiger partial charge in [-0.15, -0.1) is 0 Å². The molecule has 0 spiro atoms. The van der Waals surface area contributed by atoms with Crippen LogP contribution in [0.25, 0.3) is 11.0 Å². The molecule has 0 saturated carbocycles. The number of hydrogen-bond acceptors (Lipinski definition) is 7. The molecule has 26 heavy (non-hydrogen) atoms. The number of fused-ring (bicyclic) bond motifs is 1. The summed E-state index contributed by atoms with van der Waals surface area (Å²) >= 11 is 0. The van der Waals surface area contributed by atoms with E-state index in [2.05, 4.69) is 15.3 Å².